The number of rotatable bonds is 10. The lowest BCUT2D eigenvalue weighted by Crippen LogP contribution is -2.30. The van der Waals surface area contributed by atoms with Crippen molar-refractivity contribution < 1.29 is 19.3 Å². The van der Waals surface area contributed by atoms with Crippen LogP contribution in [0.1, 0.15) is 15.9 Å². The summed E-state index contributed by atoms with van der Waals surface area (Å²) in [5.74, 6) is -1.13. The number of anilines is 2. The molecule has 0 fully saturated rings. The molecule has 0 heterocycles. The van der Waals surface area contributed by atoms with Crippen LogP contribution < -0.4 is 16.0 Å². The SMILES string of the molecule is O=C(CSc1ccc(NC(=O)/C(=C/c2cccc(Cl)c2)NC(=O)c2ccccc2)cc1)Nc1ccc([N+](=O)[O-])cc1. The van der Waals surface area contributed by atoms with E-state index in [2.05, 4.69) is 16.0 Å². The van der Waals surface area contributed by atoms with Gasteiger partial charge in [0.2, 0.25) is 5.91 Å². The zero-order valence-electron chi connectivity index (χ0n) is 21.4. The summed E-state index contributed by atoms with van der Waals surface area (Å²) >= 11 is 7.37. The molecule has 0 aromatic heterocycles. The normalized spacial score (nSPS) is 10.9. The Hall–Kier alpha value is -4.93. The minimum Gasteiger partial charge on any atom is -0.325 e. The van der Waals surface area contributed by atoms with Gasteiger partial charge in [-0.15, -0.1) is 11.8 Å². The lowest BCUT2D eigenvalue weighted by Gasteiger charge is -2.12. The third-order valence-electron chi connectivity index (χ3n) is 5.53. The number of carbonyl (C=O) groups excluding carboxylic acids is 3. The first-order chi connectivity index (χ1) is 19.8. The topological polar surface area (TPSA) is 130 Å². The highest BCUT2D eigenvalue weighted by Crippen LogP contribution is 2.22. The molecule has 0 atom stereocenters. The largest absolute Gasteiger partial charge is 0.325 e. The van der Waals surface area contributed by atoms with E-state index in [9.17, 15) is 24.5 Å². The number of thioether (sulfide) groups is 1. The van der Waals surface area contributed by atoms with Gasteiger partial charge in [-0.05, 0) is 72.3 Å². The quantitative estimate of drug-likeness (QED) is 0.0854. The van der Waals surface area contributed by atoms with Gasteiger partial charge in [-0.3, -0.25) is 24.5 Å². The van der Waals surface area contributed by atoms with E-state index in [1.807, 2.05) is 0 Å². The molecular weight excluding hydrogens is 564 g/mol. The van der Waals surface area contributed by atoms with Gasteiger partial charge >= 0.3 is 0 Å². The predicted octanol–water partition coefficient (Wildman–Crippen LogP) is 6.39. The maximum absolute atomic E-state index is 13.2. The van der Waals surface area contributed by atoms with Gasteiger partial charge in [0, 0.05) is 39.0 Å². The first-order valence-electron chi connectivity index (χ1n) is 12.2. The molecule has 0 aliphatic rings. The van der Waals surface area contributed by atoms with Crippen LogP contribution in [-0.2, 0) is 9.59 Å². The number of nitro groups is 1. The van der Waals surface area contributed by atoms with Gasteiger partial charge in [0.25, 0.3) is 17.5 Å². The Kier molecular flexibility index (Phi) is 9.87. The van der Waals surface area contributed by atoms with Crippen LogP contribution in [0.25, 0.3) is 6.08 Å². The average molecular weight is 587 g/mol. The Labute approximate surface area is 244 Å². The fraction of sp³-hybridized carbons (Fsp3) is 0.0333. The second kappa shape index (κ2) is 13.9. The molecular formula is C30H23ClN4O5S. The molecule has 0 saturated heterocycles. The van der Waals surface area contributed by atoms with E-state index in [0.717, 1.165) is 4.90 Å². The fourth-order valence-corrected chi connectivity index (χ4v) is 4.45. The first kappa shape index (κ1) is 29.1. The zero-order chi connectivity index (χ0) is 29.2. The van der Waals surface area contributed by atoms with Crippen molar-refractivity contribution in [3.63, 3.8) is 0 Å². The minimum absolute atomic E-state index is 0.0301. The number of carbonyl (C=O) groups is 3. The summed E-state index contributed by atoms with van der Waals surface area (Å²) in [6.07, 6.45) is 1.54. The number of amides is 3. The van der Waals surface area contributed by atoms with Crippen LogP contribution >= 0.6 is 23.4 Å². The number of hydrogen-bond donors (Lipinski definition) is 3. The highest BCUT2D eigenvalue weighted by molar-refractivity contribution is 8.00. The summed E-state index contributed by atoms with van der Waals surface area (Å²) in [6.45, 7) is 0. The summed E-state index contributed by atoms with van der Waals surface area (Å²) in [6, 6.07) is 27.9. The molecule has 206 valence electrons. The second-order valence-electron chi connectivity index (χ2n) is 8.55. The fourth-order valence-electron chi connectivity index (χ4n) is 3.55. The van der Waals surface area contributed by atoms with Gasteiger partial charge in [-0.25, -0.2) is 0 Å². The average Bonchev–Trinajstić information content (AvgIpc) is 2.97. The molecule has 3 N–H and O–H groups in total. The molecule has 4 rings (SSSR count). The Morgan fingerprint density at radius 3 is 2.15 bits per heavy atom. The van der Waals surface area contributed by atoms with Crippen molar-refractivity contribution in [2.75, 3.05) is 16.4 Å². The third kappa shape index (κ3) is 8.79. The molecule has 0 saturated carbocycles. The second-order valence-corrected chi connectivity index (χ2v) is 10.0. The zero-order valence-corrected chi connectivity index (χ0v) is 22.9. The Bertz CT molecular complexity index is 1590. The van der Waals surface area contributed by atoms with Crippen LogP contribution in [0.15, 0.2) is 114 Å². The number of nitro benzene ring substituents is 1. The van der Waals surface area contributed by atoms with Crippen LogP contribution in [0.2, 0.25) is 5.02 Å². The molecule has 0 bridgehead atoms. The molecule has 4 aromatic rings. The Morgan fingerprint density at radius 2 is 1.49 bits per heavy atom. The van der Waals surface area contributed by atoms with Gasteiger partial charge in [0.15, 0.2) is 0 Å². The maximum Gasteiger partial charge on any atom is 0.272 e. The van der Waals surface area contributed by atoms with Gasteiger partial charge in [-0.1, -0.05) is 41.9 Å². The van der Waals surface area contributed by atoms with Crippen molar-refractivity contribution in [1.82, 2.24) is 5.32 Å². The van der Waals surface area contributed by atoms with E-state index in [0.29, 0.717) is 27.5 Å². The number of halogens is 1. The molecule has 0 unspecified atom stereocenters. The number of hydrogen-bond acceptors (Lipinski definition) is 6. The standard InChI is InChI=1S/C30H23ClN4O5S/c31-22-8-4-5-20(17-22)18-27(34-29(37)21-6-2-1-3-7-21)30(38)33-24-11-15-26(16-12-24)41-19-28(36)32-23-9-13-25(14-10-23)35(39)40/h1-18H,19H2,(H,32,36)(H,33,38)(H,34,37)/b27-18-. The molecule has 11 heteroatoms. The van der Waals surface area contributed by atoms with Crippen molar-refractivity contribution in [3.8, 4) is 0 Å². The van der Waals surface area contributed by atoms with Crippen LogP contribution in [0.4, 0.5) is 17.1 Å². The van der Waals surface area contributed by atoms with Crippen molar-refractivity contribution in [1.29, 1.82) is 0 Å². The van der Waals surface area contributed by atoms with E-state index in [1.54, 1.807) is 78.9 Å². The van der Waals surface area contributed by atoms with Crippen LogP contribution in [0.3, 0.4) is 0 Å². The van der Waals surface area contributed by atoms with Gasteiger partial charge < -0.3 is 16.0 Å². The third-order valence-corrected chi connectivity index (χ3v) is 6.78. The molecule has 3 amide bonds. The predicted molar refractivity (Wildman–Crippen MR) is 161 cm³/mol. The van der Waals surface area contributed by atoms with E-state index in [-0.39, 0.29) is 23.0 Å². The van der Waals surface area contributed by atoms with Crippen molar-refractivity contribution in [2.45, 2.75) is 4.90 Å². The minimum atomic E-state index is -0.530. The summed E-state index contributed by atoms with van der Waals surface area (Å²) in [4.78, 5) is 49.3. The van der Waals surface area contributed by atoms with Crippen molar-refractivity contribution in [2.24, 2.45) is 0 Å². The highest BCUT2D eigenvalue weighted by Gasteiger charge is 2.15. The lowest BCUT2D eigenvalue weighted by atomic mass is 10.1. The van der Waals surface area contributed by atoms with E-state index < -0.39 is 16.7 Å². The monoisotopic (exact) mass is 586 g/mol. The van der Waals surface area contributed by atoms with E-state index in [1.165, 1.54) is 42.1 Å². The molecule has 9 nitrogen and oxygen atoms in total. The summed E-state index contributed by atoms with van der Waals surface area (Å²) < 4.78 is 0. The first-order valence-corrected chi connectivity index (χ1v) is 13.6. The number of nitrogens with one attached hydrogen (secondary N) is 3. The molecule has 0 radical (unpaired) electrons. The van der Waals surface area contributed by atoms with E-state index in [4.69, 9.17) is 11.6 Å². The molecule has 4 aromatic carbocycles. The van der Waals surface area contributed by atoms with Gasteiger partial charge in [-0.2, -0.15) is 0 Å². The number of benzene rings is 4. The smallest absolute Gasteiger partial charge is 0.272 e. The van der Waals surface area contributed by atoms with Gasteiger partial charge in [0.05, 0.1) is 10.7 Å². The molecule has 0 spiro atoms. The van der Waals surface area contributed by atoms with Crippen molar-refractivity contribution >= 4 is 64.2 Å². The van der Waals surface area contributed by atoms with Crippen LogP contribution in [-0.4, -0.2) is 28.4 Å². The Morgan fingerprint density at radius 1 is 0.829 bits per heavy atom. The van der Waals surface area contributed by atoms with Crippen LogP contribution in [0.5, 0.6) is 0 Å². The molecule has 0 aliphatic carbocycles. The van der Waals surface area contributed by atoms with Crippen LogP contribution in [0, 0.1) is 10.1 Å². The highest BCUT2D eigenvalue weighted by atomic mass is 35.5. The summed E-state index contributed by atoms with van der Waals surface area (Å²) in [5.41, 5.74) is 1.95. The van der Waals surface area contributed by atoms with Gasteiger partial charge in [0.1, 0.15) is 5.70 Å². The summed E-state index contributed by atoms with van der Waals surface area (Å²) in [7, 11) is 0. The maximum atomic E-state index is 13.2. The lowest BCUT2D eigenvalue weighted by molar-refractivity contribution is -0.384. The number of nitrogens with zero attached hydrogens (tertiary/aromatic N) is 1. The Balaban J connectivity index is 1.38. The number of non-ortho nitro benzene ring substituents is 1. The van der Waals surface area contributed by atoms with E-state index >= 15 is 0 Å². The molecule has 41 heavy (non-hydrogen) atoms. The summed E-state index contributed by atoms with van der Waals surface area (Å²) in [5, 5.41) is 19.4. The molecule has 0 aliphatic heterocycles. The van der Waals surface area contributed by atoms with Crippen molar-refractivity contribution in [3.05, 3.63) is 135 Å².